The summed E-state index contributed by atoms with van der Waals surface area (Å²) in [6.07, 6.45) is 2.92. The molecule has 7 aromatic rings. The number of aromatic nitrogens is 5. The first-order chi connectivity index (χ1) is 30.9. The van der Waals surface area contributed by atoms with Gasteiger partial charge in [0.2, 0.25) is 17.7 Å². The summed E-state index contributed by atoms with van der Waals surface area (Å²) in [4.78, 5) is 48.6. The topological polar surface area (TPSA) is 309 Å². The van der Waals surface area contributed by atoms with Gasteiger partial charge in [-0.1, -0.05) is 54.4 Å². The van der Waals surface area contributed by atoms with E-state index in [0.717, 1.165) is 9.79 Å². The molecule has 0 spiro atoms. The Bertz CT molecular complexity index is 3090. The summed E-state index contributed by atoms with van der Waals surface area (Å²) < 4.78 is 74.1. The van der Waals surface area contributed by atoms with Gasteiger partial charge in [0.05, 0.1) is 36.0 Å². The Hall–Kier alpha value is -7.54. The van der Waals surface area contributed by atoms with E-state index in [1.54, 1.807) is 65.5 Å². The van der Waals surface area contributed by atoms with Crippen molar-refractivity contribution in [2.75, 3.05) is 37.6 Å². The molecule has 0 fully saturated rings. The number of ether oxygens (including phenoxy) is 4. The van der Waals surface area contributed by atoms with Gasteiger partial charge in [-0.15, -0.1) is 0 Å². The van der Waals surface area contributed by atoms with E-state index in [2.05, 4.69) is 25.3 Å². The minimum absolute atomic E-state index is 0.0352. The number of sulfonamides is 1. The number of nitrogens with two attached hydrogens (primary N) is 1. The number of hydrogen-bond acceptors (Lipinski definition) is 17. The number of nitrogens with one attached hydrogen (secondary N) is 2. The van der Waals surface area contributed by atoms with Crippen molar-refractivity contribution in [2.24, 2.45) is 0 Å². The number of hydrogen-bond donors (Lipinski definition) is 4. The molecule has 0 unspecified atom stereocenters. The maximum atomic E-state index is 13.0. The molecule has 7 rings (SSSR count). The fourth-order valence-corrected chi connectivity index (χ4v) is 8.36. The average molecular weight is 973 g/mol. The summed E-state index contributed by atoms with van der Waals surface area (Å²) in [6, 6.07) is 23.1. The molecule has 0 aliphatic carbocycles. The number of imidazole rings is 1. The molecule has 0 saturated carbocycles. The van der Waals surface area contributed by atoms with Crippen molar-refractivity contribution in [3.8, 4) is 29.0 Å². The van der Waals surface area contributed by atoms with E-state index < -0.39 is 53.4 Å². The van der Waals surface area contributed by atoms with E-state index >= 15 is 0 Å². The van der Waals surface area contributed by atoms with Gasteiger partial charge in [-0.05, 0) is 54.6 Å². The van der Waals surface area contributed by atoms with E-state index in [9.17, 15) is 36.5 Å². The van der Waals surface area contributed by atoms with Gasteiger partial charge in [0, 0.05) is 23.8 Å². The first-order valence-corrected chi connectivity index (χ1v) is 22.1. The maximum Gasteiger partial charge on any atom is 0.341 e. The second-order valence-corrected chi connectivity index (χ2v) is 17.1. The van der Waals surface area contributed by atoms with Crippen molar-refractivity contribution >= 4 is 88.9 Å². The number of nitro benzene ring substituents is 1. The highest BCUT2D eigenvalue weighted by molar-refractivity contribution is 7.93. The maximum absolute atomic E-state index is 13.0. The summed E-state index contributed by atoms with van der Waals surface area (Å²) >= 11 is 11.9. The molecule has 0 radical (unpaired) electrons. The third-order valence-electron chi connectivity index (χ3n) is 8.25. The number of rotatable bonds is 13. The first kappa shape index (κ1) is 48.5. The van der Waals surface area contributed by atoms with Crippen LogP contribution in [-0.4, -0.2) is 89.8 Å². The number of carbonyl (C=O) groups is 2. The molecular weight excluding hydrogens is 938 g/mol. The second-order valence-electron chi connectivity index (χ2n) is 12.5. The highest BCUT2D eigenvalue weighted by Gasteiger charge is 2.33. The quantitative estimate of drug-likeness (QED) is 0.0550. The van der Waals surface area contributed by atoms with Crippen LogP contribution in [-0.2, 0) is 24.7 Å². The monoisotopic (exact) mass is 971 g/mol. The van der Waals surface area contributed by atoms with Crippen LogP contribution in [0, 0.1) is 10.1 Å². The van der Waals surface area contributed by atoms with Crippen LogP contribution in [0.25, 0.3) is 16.6 Å². The Morgan fingerprint density at radius 3 is 2.18 bits per heavy atom. The highest BCUT2D eigenvalue weighted by atomic mass is 35.5. The minimum atomic E-state index is -4.68. The van der Waals surface area contributed by atoms with Crippen LogP contribution in [0.4, 0.5) is 22.1 Å². The molecule has 3 aromatic carbocycles. The summed E-state index contributed by atoms with van der Waals surface area (Å²) in [5.74, 6) is -0.321. The van der Waals surface area contributed by atoms with Crippen LogP contribution in [0.5, 0.6) is 29.0 Å². The van der Waals surface area contributed by atoms with E-state index in [0.29, 0.717) is 22.0 Å². The van der Waals surface area contributed by atoms with Crippen LogP contribution >= 0.6 is 23.2 Å². The van der Waals surface area contributed by atoms with Gasteiger partial charge in [-0.25, -0.2) is 27.7 Å². The zero-order chi connectivity index (χ0) is 47.5. The Labute approximate surface area is 379 Å². The number of methoxy groups -OCH3 is 2. The summed E-state index contributed by atoms with van der Waals surface area (Å²) in [5, 5.41) is 21.3. The van der Waals surface area contributed by atoms with E-state index in [1.165, 1.54) is 57.7 Å². The number of para-hydroxylation sites is 1. The fourth-order valence-electron chi connectivity index (χ4n) is 5.29. The molecule has 0 saturated heterocycles. The number of carboxylic acids is 1. The molecule has 0 bridgehead atoms. The highest BCUT2D eigenvalue weighted by Crippen LogP contribution is 2.39. The first-order valence-electron chi connectivity index (χ1n) is 18.2. The summed E-state index contributed by atoms with van der Waals surface area (Å²) in [5.41, 5.74) is 5.89. The van der Waals surface area contributed by atoms with E-state index in [-0.39, 0.29) is 51.3 Å². The third-order valence-corrected chi connectivity index (χ3v) is 12.1. The van der Waals surface area contributed by atoms with Gasteiger partial charge in [-0.2, -0.15) is 18.4 Å². The van der Waals surface area contributed by atoms with Crippen molar-refractivity contribution in [3.63, 3.8) is 0 Å². The third kappa shape index (κ3) is 12.1. The van der Waals surface area contributed by atoms with E-state index in [4.69, 9.17) is 53.0 Å². The second kappa shape index (κ2) is 21.2. The minimum Gasteiger partial charge on any atom is -0.481 e. The van der Waals surface area contributed by atoms with Crippen LogP contribution in [0.1, 0.15) is 6.92 Å². The van der Waals surface area contributed by atoms with Crippen LogP contribution in [0.3, 0.4) is 0 Å². The number of nitrogens with zero attached hydrogens (tertiary/aromatic N) is 6. The molecule has 0 atom stereocenters. The summed E-state index contributed by atoms with van der Waals surface area (Å²) in [6.45, 7) is 0.955. The average Bonchev–Trinajstić information content (AvgIpc) is 3.70. The number of nitrogen functional groups attached to an aromatic ring is 1. The Morgan fingerprint density at radius 1 is 0.892 bits per heavy atom. The smallest absolute Gasteiger partial charge is 0.341 e. The van der Waals surface area contributed by atoms with Crippen molar-refractivity contribution in [3.05, 3.63) is 124 Å². The molecule has 2 amide bonds. The summed E-state index contributed by atoms with van der Waals surface area (Å²) in [7, 11) is -6.04. The zero-order valence-electron chi connectivity index (χ0n) is 33.9. The molecule has 0 aliphatic heterocycles. The number of aliphatic carboxylic acids is 1. The van der Waals surface area contributed by atoms with Crippen LogP contribution < -0.4 is 34.7 Å². The Balaban J connectivity index is 0.000000198. The number of benzene rings is 3. The molecule has 5 N–H and O–H groups in total. The van der Waals surface area contributed by atoms with Gasteiger partial charge in [0.25, 0.3) is 15.7 Å². The SMILES string of the molecule is CCS(=O)(=O)c1nc2ccccn2c1S(=O)(=O)NC(=O)Nc1nc(OC)cc(OC)n1.Nc1c([N+](=O)[O-])ccc(Oc2ccccc2)c1Cl.O=C(O)COc1ccc(Cl)c2cccnc12. The number of carboxylic acid groups (broad SMARTS) is 1. The largest absolute Gasteiger partial charge is 0.481 e. The molecular formula is C39H35Cl2N9O13S2. The molecule has 340 valence electrons. The van der Waals surface area contributed by atoms with E-state index in [1.807, 2.05) is 6.07 Å². The van der Waals surface area contributed by atoms with Crippen molar-refractivity contribution in [2.45, 2.75) is 17.0 Å². The fraction of sp³-hybridized carbons (Fsp3) is 0.128. The van der Waals surface area contributed by atoms with Gasteiger partial charge in [0.15, 0.2) is 26.5 Å². The van der Waals surface area contributed by atoms with Crippen LogP contribution in [0.15, 0.2) is 113 Å². The van der Waals surface area contributed by atoms with Gasteiger partial charge < -0.3 is 29.8 Å². The van der Waals surface area contributed by atoms with Gasteiger partial charge >= 0.3 is 12.0 Å². The lowest BCUT2D eigenvalue weighted by molar-refractivity contribution is -0.383. The Kier molecular flexibility index (Phi) is 15.8. The zero-order valence-corrected chi connectivity index (χ0v) is 37.1. The van der Waals surface area contributed by atoms with Gasteiger partial charge in [-0.3, -0.25) is 24.8 Å². The number of nitro groups is 1. The number of fused-ring (bicyclic) bond motifs is 2. The number of urea groups is 1. The predicted octanol–water partition coefficient (Wildman–Crippen LogP) is 6.42. The number of amides is 2. The van der Waals surface area contributed by atoms with Crippen LogP contribution in [0.2, 0.25) is 10.0 Å². The molecule has 65 heavy (non-hydrogen) atoms. The molecule has 0 aliphatic rings. The number of sulfone groups is 1. The lowest BCUT2D eigenvalue weighted by atomic mass is 10.2. The standard InChI is InChI=1S/C16H18N6O7S2.C12H9ClN2O3.C11H8ClNO3/c1-4-30(24,25)13-14(22-8-6-5-7-10(22)17-13)31(26,27)21-16(23)20-15-18-11(28-2)9-12(19-15)29-3;13-11-10(18-8-4-2-1-3-5-8)7-6-9(12(11)14)15(16)17;12-8-3-4-9(16-6-10(14)15)11-7(8)2-1-5-13-11/h5-9H,4H2,1-3H3,(H2,18,19,20,21,23);1-7H,14H2;1-5H,6H2,(H,14,15). The molecule has 4 heterocycles. The molecule has 26 heteroatoms. The number of halogens is 2. The van der Waals surface area contributed by atoms with Crippen molar-refractivity contribution in [1.82, 2.24) is 29.1 Å². The normalized spacial score (nSPS) is 11.0. The van der Waals surface area contributed by atoms with Crippen molar-refractivity contribution in [1.29, 1.82) is 0 Å². The lowest BCUT2D eigenvalue weighted by Crippen LogP contribution is -2.36. The number of pyridine rings is 2. The van der Waals surface area contributed by atoms with Crippen molar-refractivity contribution < 1.29 is 55.4 Å². The van der Waals surface area contributed by atoms with Gasteiger partial charge in [0.1, 0.15) is 39.1 Å². The Morgan fingerprint density at radius 2 is 1.55 bits per heavy atom. The molecule has 4 aromatic heterocycles. The number of carbonyl (C=O) groups excluding carboxylic acids is 1. The molecule has 22 nitrogen and oxygen atoms in total. The lowest BCUT2D eigenvalue weighted by Gasteiger charge is -2.10. The predicted molar refractivity (Wildman–Crippen MR) is 236 cm³/mol. The number of anilines is 2.